The lowest BCUT2D eigenvalue weighted by Gasteiger charge is -2.16. The maximum Gasteiger partial charge on any atom is 0.303 e. The largest absolute Gasteiger partial charge is 0.481 e. The summed E-state index contributed by atoms with van der Waals surface area (Å²) in [7, 11) is 0. The molecule has 0 aromatic heterocycles. The topological polar surface area (TPSA) is 94.8 Å². The minimum absolute atomic E-state index is 0.0190. The Hall–Kier alpha value is -1.10. The normalized spacial score (nSPS) is 20.8. The molecular weight excluding hydrogens is 284 g/mol. The first kappa shape index (κ1) is 17.3. The molecule has 5 nitrogen and oxygen atoms in total. The second-order valence-corrected chi connectivity index (χ2v) is 7.58. The van der Waals surface area contributed by atoms with E-state index < -0.39 is 11.9 Å². The zero-order valence-electron chi connectivity index (χ0n) is 13.2. The maximum atomic E-state index is 10.8. The molecular formula is C17H28O5. The monoisotopic (exact) mass is 312 g/mol. The summed E-state index contributed by atoms with van der Waals surface area (Å²) >= 11 is 0. The highest BCUT2D eigenvalue weighted by Crippen LogP contribution is 2.53. The van der Waals surface area contributed by atoms with Gasteiger partial charge in [0.1, 0.15) is 0 Å². The summed E-state index contributed by atoms with van der Waals surface area (Å²) < 4.78 is 0. The number of rotatable bonds is 12. The summed E-state index contributed by atoms with van der Waals surface area (Å²) in [5, 5.41) is 27.7. The average molecular weight is 312 g/mol. The zero-order valence-corrected chi connectivity index (χ0v) is 13.2. The lowest BCUT2D eigenvalue weighted by molar-refractivity contribution is -0.139. The van der Waals surface area contributed by atoms with Crippen LogP contribution in [0.2, 0.25) is 0 Å². The molecule has 0 amide bonds. The van der Waals surface area contributed by atoms with E-state index >= 15 is 0 Å². The molecule has 0 radical (unpaired) electrons. The molecule has 0 atom stereocenters. The van der Waals surface area contributed by atoms with Gasteiger partial charge in [-0.2, -0.15) is 0 Å². The molecule has 0 aliphatic heterocycles. The van der Waals surface area contributed by atoms with Crippen LogP contribution in [0.15, 0.2) is 0 Å². The van der Waals surface area contributed by atoms with Gasteiger partial charge in [0.05, 0.1) is 18.9 Å². The molecule has 0 unspecified atom stereocenters. The Morgan fingerprint density at radius 3 is 1.45 bits per heavy atom. The first-order valence-electron chi connectivity index (χ1n) is 8.47. The van der Waals surface area contributed by atoms with Crippen molar-refractivity contribution in [2.75, 3.05) is 0 Å². The van der Waals surface area contributed by atoms with Crippen LogP contribution in [-0.2, 0) is 9.59 Å². The van der Waals surface area contributed by atoms with Crippen LogP contribution in [0.5, 0.6) is 0 Å². The minimum Gasteiger partial charge on any atom is -0.481 e. The van der Waals surface area contributed by atoms with Crippen molar-refractivity contribution < 1.29 is 24.9 Å². The summed E-state index contributed by atoms with van der Waals surface area (Å²) in [6.07, 6.45) is 9.26. The quantitative estimate of drug-likeness (QED) is 0.514. The number of carbonyl (C=O) groups is 2. The van der Waals surface area contributed by atoms with Gasteiger partial charge < -0.3 is 15.3 Å². The van der Waals surface area contributed by atoms with Gasteiger partial charge in [-0.1, -0.05) is 12.8 Å². The average Bonchev–Trinajstić information content (AvgIpc) is 3.28. The highest BCUT2D eigenvalue weighted by Gasteiger charge is 2.44. The van der Waals surface area contributed by atoms with Gasteiger partial charge in [0.25, 0.3) is 0 Å². The summed E-state index contributed by atoms with van der Waals surface area (Å²) in [4.78, 5) is 21.6. The van der Waals surface area contributed by atoms with Crippen LogP contribution in [0.1, 0.15) is 77.0 Å². The summed E-state index contributed by atoms with van der Waals surface area (Å²) in [6, 6.07) is 0. The van der Waals surface area contributed by atoms with Crippen LogP contribution < -0.4 is 0 Å². The number of aliphatic hydroxyl groups is 1. The molecule has 5 heteroatoms. The first-order valence-corrected chi connectivity index (χ1v) is 8.47. The van der Waals surface area contributed by atoms with E-state index in [1.165, 1.54) is 0 Å². The molecule has 3 N–H and O–H groups in total. The predicted molar refractivity (Wildman–Crippen MR) is 81.5 cm³/mol. The summed E-state index contributed by atoms with van der Waals surface area (Å²) in [6.45, 7) is 0. The fourth-order valence-electron chi connectivity index (χ4n) is 3.60. The van der Waals surface area contributed by atoms with Gasteiger partial charge in [-0.25, -0.2) is 0 Å². The van der Waals surface area contributed by atoms with E-state index in [1.54, 1.807) is 0 Å². The lowest BCUT2D eigenvalue weighted by Crippen LogP contribution is -2.13. The van der Waals surface area contributed by atoms with Crippen molar-refractivity contribution in [2.45, 2.75) is 83.2 Å². The van der Waals surface area contributed by atoms with E-state index in [-0.39, 0.29) is 29.8 Å². The highest BCUT2D eigenvalue weighted by atomic mass is 16.4. The molecule has 2 fully saturated rings. The molecule has 2 rings (SSSR count). The number of hydrogen-bond donors (Lipinski definition) is 3. The van der Waals surface area contributed by atoms with E-state index in [4.69, 9.17) is 10.2 Å². The minimum atomic E-state index is -0.716. The van der Waals surface area contributed by atoms with Crippen LogP contribution in [-0.4, -0.2) is 33.4 Å². The zero-order chi connectivity index (χ0) is 16.2. The smallest absolute Gasteiger partial charge is 0.303 e. The number of aliphatic carboxylic acids is 2. The van der Waals surface area contributed by atoms with Crippen LogP contribution >= 0.6 is 0 Å². The molecule has 0 aromatic carbocycles. The van der Waals surface area contributed by atoms with Gasteiger partial charge >= 0.3 is 11.9 Å². The Labute approximate surface area is 131 Å². The third-order valence-electron chi connectivity index (χ3n) is 5.46. The van der Waals surface area contributed by atoms with Crippen molar-refractivity contribution in [3.05, 3.63) is 0 Å². The second-order valence-electron chi connectivity index (χ2n) is 7.58. The van der Waals surface area contributed by atoms with Crippen molar-refractivity contribution in [3.8, 4) is 0 Å². The van der Waals surface area contributed by atoms with E-state index in [9.17, 15) is 14.7 Å². The van der Waals surface area contributed by atoms with Gasteiger partial charge in [-0.3, -0.25) is 9.59 Å². The number of carboxylic acids is 2. The van der Waals surface area contributed by atoms with E-state index in [1.807, 2.05) is 0 Å². The summed E-state index contributed by atoms with van der Waals surface area (Å²) in [5.41, 5.74) is 0.0379. The molecule has 0 aromatic rings. The van der Waals surface area contributed by atoms with Gasteiger partial charge in [-0.05, 0) is 62.2 Å². The third kappa shape index (κ3) is 5.59. The van der Waals surface area contributed by atoms with Crippen molar-refractivity contribution in [1.82, 2.24) is 0 Å². The highest BCUT2D eigenvalue weighted by molar-refractivity contribution is 5.68. The number of aliphatic hydroxyl groups excluding tert-OH is 1. The van der Waals surface area contributed by atoms with Gasteiger partial charge in [0, 0.05) is 0 Å². The van der Waals surface area contributed by atoms with Gasteiger partial charge in [0.2, 0.25) is 0 Å². The van der Waals surface area contributed by atoms with Crippen molar-refractivity contribution in [2.24, 2.45) is 10.8 Å². The first-order chi connectivity index (χ1) is 10.3. The Bertz CT molecular complexity index is 371. The van der Waals surface area contributed by atoms with Crippen molar-refractivity contribution >= 4 is 11.9 Å². The number of hydrogen-bond acceptors (Lipinski definition) is 3. The van der Waals surface area contributed by atoms with E-state index in [0.29, 0.717) is 0 Å². The fraction of sp³-hybridized carbons (Fsp3) is 0.882. The maximum absolute atomic E-state index is 10.8. The molecule has 126 valence electrons. The molecule has 22 heavy (non-hydrogen) atoms. The van der Waals surface area contributed by atoms with Gasteiger partial charge in [0.15, 0.2) is 0 Å². The predicted octanol–water partition coefficient (Wildman–Crippen LogP) is 3.20. The molecule has 0 saturated heterocycles. The Balaban J connectivity index is 1.54. The van der Waals surface area contributed by atoms with Crippen molar-refractivity contribution in [1.29, 1.82) is 0 Å². The number of carboxylic acid groups (broad SMARTS) is 2. The molecule has 0 heterocycles. The standard InChI is InChI=1S/C17H28O5/c18-13(3-1-5-16(7-8-16)11-14(19)20)4-2-6-17(9-10-17)12-15(21)22/h13,18H,1-12H2,(H,19,20)(H,21,22). The Kier molecular flexibility index (Phi) is 5.48. The van der Waals surface area contributed by atoms with E-state index in [2.05, 4.69) is 0 Å². The molecule has 0 spiro atoms. The van der Waals surface area contributed by atoms with Gasteiger partial charge in [-0.15, -0.1) is 0 Å². The Morgan fingerprint density at radius 2 is 1.18 bits per heavy atom. The lowest BCUT2D eigenvalue weighted by atomic mass is 9.91. The molecule has 2 aliphatic rings. The van der Waals surface area contributed by atoms with Crippen LogP contribution in [0, 0.1) is 10.8 Å². The van der Waals surface area contributed by atoms with Crippen LogP contribution in [0.4, 0.5) is 0 Å². The summed E-state index contributed by atoms with van der Waals surface area (Å²) in [5.74, 6) is -1.43. The van der Waals surface area contributed by atoms with Crippen LogP contribution in [0.3, 0.4) is 0 Å². The third-order valence-corrected chi connectivity index (χ3v) is 5.46. The van der Waals surface area contributed by atoms with Crippen LogP contribution in [0.25, 0.3) is 0 Å². The van der Waals surface area contributed by atoms with E-state index in [0.717, 1.165) is 64.2 Å². The molecule has 2 aliphatic carbocycles. The second kappa shape index (κ2) is 6.99. The van der Waals surface area contributed by atoms with Crippen molar-refractivity contribution in [3.63, 3.8) is 0 Å². The molecule has 0 bridgehead atoms. The Morgan fingerprint density at radius 1 is 0.818 bits per heavy atom. The molecule has 2 saturated carbocycles. The fourth-order valence-corrected chi connectivity index (χ4v) is 3.60. The SMILES string of the molecule is O=C(O)CC1(CCCC(O)CCCC2(CC(=O)O)CC2)CC1.